The van der Waals surface area contributed by atoms with Crippen LogP contribution in [0.15, 0.2) is 28.5 Å². The molecule has 3 atom stereocenters. The van der Waals surface area contributed by atoms with Crippen molar-refractivity contribution in [1.29, 1.82) is 0 Å². The molecule has 3 rings (SSSR count). The summed E-state index contributed by atoms with van der Waals surface area (Å²) in [6, 6.07) is -2.35. The Morgan fingerprint density at radius 2 is 2.35 bits per heavy atom. The first-order valence-electron chi connectivity index (χ1n) is 7.36. The van der Waals surface area contributed by atoms with Gasteiger partial charge < -0.3 is 21.2 Å². The first kappa shape index (κ1) is 20.0. The molecule has 0 unspecified atom stereocenters. The van der Waals surface area contributed by atoms with E-state index < -0.39 is 36.3 Å². The Hall–Kier alpha value is -2.35. The number of oxazole rings is 1. The molecule has 0 aliphatic carbocycles. The van der Waals surface area contributed by atoms with Gasteiger partial charge in [-0.2, -0.15) is 5.06 Å². The number of nitrogens with zero attached hydrogens (tertiary/aromatic N) is 3. The van der Waals surface area contributed by atoms with Crippen molar-refractivity contribution in [2.24, 2.45) is 0 Å². The van der Waals surface area contributed by atoms with Crippen molar-refractivity contribution >= 4 is 17.9 Å². The Labute approximate surface area is 160 Å². The van der Waals surface area contributed by atoms with Gasteiger partial charge in [0.2, 0.25) is 11.8 Å². The number of aromatic nitrogens is 1. The van der Waals surface area contributed by atoms with Gasteiger partial charge in [-0.1, -0.05) is 6.08 Å². The molecular formula is C14H16FLiN4O6. The van der Waals surface area contributed by atoms with Crippen LogP contribution in [0.4, 0.5) is 9.18 Å². The number of carbonyl (C=O) groups is 3. The van der Waals surface area contributed by atoms with Crippen LogP contribution in [0, 0.1) is 0 Å². The second-order valence-corrected chi connectivity index (χ2v) is 5.54. The third kappa shape index (κ3) is 3.74. The average Bonchev–Trinajstić information content (AvgIpc) is 3.16. The van der Waals surface area contributed by atoms with E-state index in [0.717, 1.165) is 0 Å². The van der Waals surface area contributed by atoms with Crippen molar-refractivity contribution < 1.29 is 53.4 Å². The van der Waals surface area contributed by atoms with Gasteiger partial charge >= 0.3 is 37.2 Å². The van der Waals surface area contributed by atoms with Crippen LogP contribution in [0.5, 0.6) is 0 Å². The number of halogens is 1. The van der Waals surface area contributed by atoms with Crippen molar-refractivity contribution in [2.45, 2.75) is 31.9 Å². The van der Waals surface area contributed by atoms with E-state index in [4.69, 9.17) is 9.52 Å². The molecule has 2 aliphatic rings. The largest absolute Gasteiger partial charge is 1.00 e. The summed E-state index contributed by atoms with van der Waals surface area (Å²) in [6.07, 6.45) is 1.71. The SMILES string of the molecule is CC1=C[C@@H]2CN(C(=O)N2O[C@@H](F)C(=O)O)[C@@H]1C(=O)NCc1ncco1.[H-].[Li+]. The minimum Gasteiger partial charge on any atom is -1.00 e. The molecule has 1 saturated heterocycles. The van der Waals surface area contributed by atoms with Gasteiger partial charge in [0.25, 0.3) is 0 Å². The minimum absolute atomic E-state index is 0. The molecule has 2 bridgehead atoms. The molecule has 3 amide bonds. The van der Waals surface area contributed by atoms with Crippen molar-refractivity contribution in [3.63, 3.8) is 0 Å². The van der Waals surface area contributed by atoms with Gasteiger partial charge in [-0.25, -0.2) is 23.8 Å². The fourth-order valence-electron chi connectivity index (χ4n) is 2.81. The summed E-state index contributed by atoms with van der Waals surface area (Å²) >= 11 is 0. The van der Waals surface area contributed by atoms with E-state index in [1.807, 2.05) is 0 Å². The van der Waals surface area contributed by atoms with E-state index >= 15 is 0 Å². The molecule has 1 aromatic heterocycles. The van der Waals surface area contributed by atoms with Gasteiger partial charge in [-0.05, 0) is 12.5 Å². The minimum atomic E-state index is -2.67. The number of hydroxylamine groups is 2. The third-order valence-corrected chi connectivity index (χ3v) is 3.86. The number of carboxylic acids is 1. The predicted molar refractivity (Wildman–Crippen MR) is 78.4 cm³/mol. The summed E-state index contributed by atoms with van der Waals surface area (Å²) in [5, 5.41) is 11.8. The van der Waals surface area contributed by atoms with Crippen LogP contribution >= 0.6 is 0 Å². The number of urea groups is 1. The summed E-state index contributed by atoms with van der Waals surface area (Å²) in [6.45, 7) is 1.78. The van der Waals surface area contributed by atoms with E-state index in [1.54, 1.807) is 13.0 Å². The zero-order valence-electron chi connectivity index (χ0n) is 15.1. The molecule has 1 fully saturated rings. The van der Waals surface area contributed by atoms with Crippen molar-refractivity contribution in [3.8, 4) is 0 Å². The Morgan fingerprint density at radius 1 is 1.62 bits per heavy atom. The average molecular weight is 362 g/mol. The van der Waals surface area contributed by atoms with E-state index in [1.165, 1.54) is 17.4 Å². The summed E-state index contributed by atoms with van der Waals surface area (Å²) in [7, 11) is 0. The molecule has 0 aromatic carbocycles. The molecule has 136 valence electrons. The summed E-state index contributed by atoms with van der Waals surface area (Å²) in [5.41, 5.74) is 0.561. The maximum atomic E-state index is 13.3. The summed E-state index contributed by atoms with van der Waals surface area (Å²) in [4.78, 5) is 45.0. The Morgan fingerprint density at radius 3 is 2.96 bits per heavy atom. The number of carbonyl (C=O) groups excluding carboxylic acids is 2. The van der Waals surface area contributed by atoms with Gasteiger partial charge in [0.1, 0.15) is 12.3 Å². The van der Waals surface area contributed by atoms with Crippen LogP contribution in [0.3, 0.4) is 0 Å². The number of amides is 3. The maximum Gasteiger partial charge on any atom is 1.00 e. The second kappa shape index (κ2) is 7.90. The molecule has 0 saturated carbocycles. The Kier molecular flexibility index (Phi) is 6.07. The fraction of sp³-hybridized carbons (Fsp3) is 0.429. The Balaban J connectivity index is 0.00000182. The molecule has 2 aliphatic heterocycles. The topological polar surface area (TPSA) is 125 Å². The van der Waals surface area contributed by atoms with E-state index in [2.05, 4.69) is 15.1 Å². The van der Waals surface area contributed by atoms with Gasteiger partial charge in [0, 0.05) is 0 Å². The molecule has 0 radical (unpaired) electrons. The van der Waals surface area contributed by atoms with Crippen LogP contribution in [-0.2, 0) is 21.0 Å². The van der Waals surface area contributed by atoms with Gasteiger partial charge in [0.15, 0.2) is 0 Å². The van der Waals surface area contributed by atoms with Crippen LogP contribution in [0.1, 0.15) is 14.2 Å². The molecular weight excluding hydrogens is 346 g/mol. The van der Waals surface area contributed by atoms with Crippen LogP contribution in [-0.4, -0.2) is 62.9 Å². The van der Waals surface area contributed by atoms with Crippen molar-refractivity contribution in [3.05, 3.63) is 30.0 Å². The Bertz CT molecular complexity index is 733. The van der Waals surface area contributed by atoms with E-state index in [-0.39, 0.29) is 33.4 Å². The molecule has 3 heterocycles. The third-order valence-electron chi connectivity index (χ3n) is 3.86. The molecule has 26 heavy (non-hydrogen) atoms. The molecule has 0 spiro atoms. The van der Waals surface area contributed by atoms with Crippen LogP contribution in [0.2, 0.25) is 0 Å². The normalized spacial score (nSPS) is 22.5. The predicted octanol–water partition coefficient (Wildman–Crippen LogP) is -2.85. The standard InChI is InChI=1S/C14H15FN4O6.Li.H/c1-7-4-8-6-18(14(23)19(8)25-11(15)13(21)22)10(7)12(20)17-5-9-16-2-3-24-9;;/h2-4,8,10-11H,5-6H2,1H3,(H,17,20)(H,21,22);;/q;+1;-1/t8-,10+,11-;;/m1../s1. The zero-order chi connectivity index (χ0) is 18.1. The van der Waals surface area contributed by atoms with E-state index in [0.29, 0.717) is 16.5 Å². The van der Waals surface area contributed by atoms with Crippen molar-refractivity contribution in [1.82, 2.24) is 20.3 Å². The van der Waals surface area contributed by atoms with Crippen LogP contribution in [0.25, 0.3) is 0 Å². The molecule has 1 aromatic rings. The van der Waals surface area contributed by atoms with Gasteiger partial charge in [0.05, 0.1) is 25.3 Å². The monoisotopic (exact) mass is 362 g/mol. The summed E-state index contributed by atoms with van der Waals surface area (Å²) in [5.74, 6) is -2.00. The molecule has 12 heteroatoms. The molecule has 2 N–H and O–H groups in total. The number of hydrogen-bond donors (Lipinski definition) is 2. The van der Waals surface area contributed by atoms with Crippen molar-refractivity contribution in [2.75, 3.05) is 6.54 Å². The molecule has 10 nitrogen and oxygen atoms in total. The van der Waals surface area contributed by atoms with E-state index in [9.17, 15) is 18.8 Å². The number of nitrogens with one attached hydrogen (secondary N) is 1. The first-order chi connectivity index (χ1) is 11.9. The number of hydrogen-bond acceptors (Lipinski definition) is 6. The number of fused-ring (bicyclic) bond motifs is 2. The smallest absolute Gasteiger partial charge is 1.00 e. The van der Waals surface area contributed by atoms with Gasteiger partial charge in [-0.15, -0.1) is 0 Å². The van der Waals surface area contributed by atoms with Gasteiger partial charge in [-0.3, -0.25) is 4.79 Å². The number of aliphatic carboxylic acids is 1. The van der Waals surface area contributed by atoms with Crippen LogP contribution < -0.4 is 24.2 Å². The number of carboxylic acid groups (broad SMARTS) is 1. The fourth-order valence-corrected chi connectivity index (χ4v) is 2.81. The maximum absolute atomic E-state index is 13.3. The summed E-state index contributed by atoms with van der Waals surface area (Å²) < 4.78 is 18.3. The quantitative estimate of drug-likeness (QED) is 0.412. The first-order valence-corrected chi connectivity index (χ1v) is 7.36. The number of alkyl halides is 1. The number of rotatable bonds is 6. The second-order valence-electron chi connectivity index (χ2n) is 5.54. The zero-order valence-corrected chi connectivity index (χ0v) is 14.1.